The zero-order valence-electron chi connectivity index (χ0n) is 15.6. The number of carbonyl (C=O) groups excluding carboxylic acids is 2. The van der Waals surface area contributed by atoms with Crippen molar-refractivity contribution >= 4 is 34.8 Å². The lowest BCUT2D eigenvalue weighted by molar-refractivity contribution is -0.139. The molecule has 0 unspecified atom stereocenters. The summed E-state index contributed by atoms with van der Waals surface area (Å²) in [4.78, 5) is 33.1. The van der Waals surface area contributed by atoms with Gasteiger partial charge in [0.15, 0.2) is 0 Å². The molecule has 7 heteroatoms. The molecule has 0 N–H and O–H groups in total. The number of hydrogen-bond donors (Lipinski definition) is 0. The molecule has 2 aliphatic rings. The Bertz CT molecular complexity index is 634. The van der Waals surface area contributed by atoms with Gasteiger partial charge in [0.25, 0.3) is 0 Å². The summed E-state index contributed by atoms with van der Waals surface area (Å²) in [6, 6.07) is 0.551. The molecule has 0 radical (unpaired) electrons. The molecule has 1 aromatic rings. The molecule has 3 rings (SSSR count). The number of rotatable bonds is 4. The number of hydrogen-bond acceptors (Lipinski definition) is 4. The van der Waals surface area contributed by atoms with E-state index < -0.39 is 0 Å². The van der Waals surface area contributed by atoms with Crippen LogP contribution >= 0.6 is 22.9 Å². The van der Waals surface area contributed by atoms with Crippen molar-refractivity contribution in [2.24, 2.45) is 5.92 Å². The minimum absolute atomic E-state index is 0.130. The minimum Gasteiger partial charge on any atom is -0.343 e. The van der Waals surface area contributed by atoms with E-state index in [0.29, 0.717) is 16.8 Å². The lowest BCUT2D eigenvalue weighted by Gasteiger charge is -2.44. The van der Waals surface area contributed by atoms with E-state index in [1.807, 2.05) is 4.90 Å². The predicted molar refractivity (Wildman–Crippen MR) is 104 cm³/mol. The summed E-state index contributed by atoms with van der Waals surface area (Å²) in [5.41, 5.74) is 0. The van der Waals surface area contributed by atoms with Crippen molar-refractivity contribution in [2.45, 2.75) is 70.9 Å². The molecule has 1 aliphatic heterocycles. The van der Waals surface area contributed by atoms with Gasteiger partial charge in [-0.1, -0.05) is 18.5 Å². The average Bonchev–Trinajstić information content (AvgIpc) is 3.02. The highest BCUT2D eigenvalue weighted by molar-refractivity contribution is 7.15. The predicted octanol–water partition coefficient (Wildman–Crippen LogP) is 3.76. The van der Waals surface area contributed by atoms with Gasteiger partial charge in [0.2, 0.25) is 11.8 Å². The van der Waals surface area contributed by atoms with Crippen LogP contribution in [0.3, 0.4) is 0 Å². The maximum atomic E-state index is 13.2. The number of thiazole rings is 1. The van der Waals surface area contributed by atoms with Crippen LogP contribution in [0.1, 0.15) is 57.4 Å². The Morgan fingerprint density at radius 3 is 2.35 bits per heavy atom. The highest BCUT2D eigenvalue weighted by Gasteiger charge is 2.35. The van der Waals surface area contributed by atoms with E-state index in [9.17, 15) is 9.59 Å². The van der Waals surface area contributed by atoms with Crippen LogP contribution in [-0.2, 0) is 16.0 Å². The van der Waals surface area contributed by atoms with Gasteiger partial charge < -0.3 is 9.80 Å². The highest BCUT2D eigenvalue weighted by Crippen LogP contribution is 2.31. The van der Waals surface area contributed by atoms with E-state index in [4.69, 9.17) is 11.6 Å². The third-order valence-corrected chi connectivity index (χ3v) is 6.91. The number of carbonyl (C=O) groups is 2. The van der Waals surface area contributed by atoms with Crippen LogP contribution in [0.25, 0.3) is 0 Å². The summed E-state index contributed by atoms with van der Waals surface area (Å²) < 4.78 is 0.626. The number of piperidine rings is 1. The maximum absolute atomic E-state index is 13.2. The van der Waals surface area contributed by atoms with Crippen LogP contribution in [0.15, 0.2) is 6.20 Å². The van der Waals surface area contributed by atoms with Crippen LogP contribution in [0.4, 0.5) is 0 Å². The van der Waals surface area contributed by atoms with E-state index in [1.165, 1.54) is 24.2 Å². The van der Waals surface area contributed by atoms with E-state index in [0.717, 1.165) is 49.7 Å². The number of amides is 2. The van der Waals surface area contributed by atoms with E-state index in [2.05, 4.69) is 16.8 Å². The fourth-order valence-corrected chi connectivity index (χ4v) is 5.22. The second-order valence-corrected chi connectivity index (χ2v) is 9.43. The minimum atomic E-state index is 0.130. The Kier molecular flexibility index (Phi) is 6.56. The molecule has 2 fully saturated rings. The molecule has 0 aromatic carbocycles. The molecule has 1 aromatic heterocycles. The quantitative estimate of drug-likeness (QED) is 0.777. The average molecular weight is 398 g/mol. The third kappa shape index (κ3) is 4.77. The number of aromatic nitrogens is 1. The zero-order chi connectivity index (χ0) is 18.7. The molecular weight excluding hydrogens is 370 g/mol. The first kappa shape index (κ1) is 19.6. The Morgan fingerprint density at radius 1 is 1.19 bits per heavy atom. The Hall–Kier alpha value is -1.14. The second kappa shape index (κ2) is 8.70. The fraction of sp³-hybridized carbons (Fsp3) is 0.737. The van der Waals surface area contributed by atoms with Crippen LogP contribution in [-0.4, -0.2) is 51.8 Å². The molecule has 2 heterocycles. The number of nitrogens with zero attached hydrogens (tertiary/aromatic N) is 3. The molecule has 1 aliphatic carbocycles. The van der Waals surface area contributed by atoms with Gasteiger partial charge in [-0.3, -0.25) is 9.59 Å². The first-order valence-corrected chi connectivity index (χ1v) is 10.8. The molecule has 1 saturated heterocycles. The Morgan fingerprint density at radius 2 is 1.81 bits per heavy atom. The van der Waals surface area contributed by atoms with E-state index in [-0.39, 0.29) is 17.9 Å². The summed E-state index contributed by atoms with van der Waals surface area (Å²) in [7, 11) is 0. The zero-order valence-corrected chi connectivity index (χ0v) is 17.2. The summed E-state index contributed by atoms with van der Waals surface area (Å²) in [5.74, 6) is 1.04. The van der Waals surface area contributed by atoms with Crippen molar-refractivity contribution in [1.82, 2.24) is 14.8 Å². The molecule has 2 amide bonds. The lowest BCUT2D eigenvalue weighted by atomic mass is 9.85. The van der Waals surface area contributed by atoms with Gasteiger partial charge in [-0.2, -0.15) is 0 Å². The number of halogens is 1. The van der Waals surface area contributed by atoms with Gasteiger partial charge in [0.05, 0.1) is 12.6 Å². The first-order valence-electron chi connectivity index (χ1n) is 9.61. The maximum Gasteiger partial charge on any atom is 0.229 e. The topological polar surface area (TPSA) is 53.5 Å². The molecule has 5 nitrogen and oxygen atoms in total. The fourth-order valence-electron chi connectivity index (χ4n) is 4.28. The van der Waals surface area contributed by atoms with Gasteiger partial charge in [-0.05, 0) is 44.4 Å². The largest absolute Gasteiger partial charge is 0.343 e. The van der Waals surface area contributed by atoms with Crippen LogP contribution in [0.5, 0.6) is 0 Å². The normalized spacial score (nSPS) is 24.5. The molecular formula is C19H28ClN3O2S. The van der Waals surface area contributed by atoms with Crippen molar-refractivity contribution in [3.8, 4) is 0 Å². The van der Waals surface area contributed by atoms with Crippen molar-refractivity contribution in [3.05, 3.63) is 15.5 Å². The van der Waals surface area contributed by atoms with Crippen molar-refractivity contribution < 1.29 is 9.59 Å². The monoisotopic (exact) mass is 397 g/mol. The van der Waals surface area contributed by atoms with Gasteiger partial charge in [0, 0.05) is 32.1 Å². The van der Waals surface area contributed by atoms with Crippen LogP contribution in [0.2, 0.25) is 4.34 Å². The van der Waals surface area contributed by atoms with Crippen molar-refractivity contribution in [1.29, 1.82) is 0 Å². The molecule has 0 atom stereocenters. The smallest absolute Gasteiger partial charge is 0.229 e. The molecule has 144 valence electrons. The Balaban J connectivity index is 1.71. The SMILES string of the molecule is CC(=O)N1CCC(N(C(=O)Cc2ncc(Cl)s2)C2CCC(C)CC2)CC1. The summed E-state index contributed by atoms with van der Waals surface area (Å²) in [6.45, 7) is 5.41. The Labute approximate surface area is 164 Å². The van der Waals surface area contributed by atoms with Gasteiger partial charge in [0.1, 0.15) is 9.34 Å². The third-order valence-electron chi connectivity index (χ3n) is 5.80. The standard InChI is InChI=1S/C19H28ClN3O2S/c1-13-3-5-15(6-4-13)23(16-7-9-22(10-8-16)14(2)24)19(25)11-18-21-12-17(20)26-18/h12-13,15-16H,3-11H2,1-2H3. The summed E-state index contributed by atoms with van der Waals surface area (Å²) in [6.07, 6.45) is 8.22. The van der Waals surface area contributed by atoms with Crippen molar-refractivity contribution in [3.63, 3.8) is 0 Å². The van der Waals surface area contributed by atoms with Crippen molar-refractivity contribution in [2.75, 3.05) is 13.1 Å². The van der Waals surface area contributed by atoms with Gasteiger partial charge in [-0.15, -0.1) is 11.3 Å². The molecule has 0 spiro atoms. The highest BCUT2D eigenvalue weighted by atomic mass is 35.5. The van der Waals surface area contributed by atoms with Crippen LogP contribution in [0, 0.1) is 5.92 Å². The number of likely N-dealkylation sites (tertiary alicyclic amines) is 1. The van der Waals surface area contributed by atoms with Crippen LogP contribution < -0.4 is 0 Å². The summed E-state index contributed by atoms with van der Waals surface area (Å²) in [5, 5.41) is 0.787. The molecule has 0 bridgehead atoms. The summed E-state index contributed by atoms with van der Waals surface area (Å²) >= 11 is 7.36. The second-order valence-electron chi connectivity index (χ2n) is 7.69. The van der Waals surface area contributed by atoms with Gasteiger partial charge >= 0.3 is 0 Å². The molecule has 1 saturated carbocycles. The first-order chi connectivity index (χ1) is 12.4. The molecule has 26 heavy (non-hydrogen) atoms. The van der Waals surface area contributed by atoms with E-state index >= 15 is 0 Å². The lowest BCUT2D eigenvalue weighted by Crippen LogP contribution is -2.53. The van der Waals surface area contributed by atoms with Gasteiger partial charge in [-0.25, -0.2) is 4.98 Å². The van der Waals surface area contributed by atoms with E-state index in [1.54, 1.807) is 13.1 Å².